The first-order valence-corrected chi connectivity index (χ1v) is 11.1. The first kappa shape index (κ1) is 18.6. The molecule has 2 aliphatic heterocycles. The minimum absolute atomic E-state index is 0.0947. The summed E-state index contributed by atoms with van der Waals surface area (Å²) < 4.78 is 0. The van der Waals surface area contributed by atoms with Gasteiger partial charge in [-0.3, -0.25) is 4.90 Å². The van der Waals surface area contributed by atoms with Crippen LogP contribution in [-0.2, 0) is 5.41 Å². The van der Waals surface area contributed by atoms with Crippen LogP contribution in [0.4, 0.5) is 0 Å². The summed E-state index contributed by atoms with van der Waals surface area (Å²) in [5.74, 6) is 0. The Bertz CT molecular complexity index is 1220. The van der Waals surface area contributed by atoms with Crippen LogP contribution in [0.2, 0.25) is 5.02 Å². The Hall–Kier alpha value is -3.11. The number of rotatable bonds is 1. The Morgan fingerprint density at radius 2 is 1.42 bits per heavy atom. The summed E-state index contributed by atoms with van der Waals surface area (Å²) in [6.45, 7) is 0.884. The maximum atomic E-state index is 10.8. The molecule has 0 aromatic heterocycles. The highest BCUT2D eigenvalue weighted by atomic mass is 35.5. The molecule has 3 aliphatic rings. The number of hydrogen-bond acceptors (Lipinski definition) is 3. The maximum Gasteiger partial charge on any atom is 0.178 e. The third-order valence-corrected chi connectivity index (χ3v) is 7.94. The van der Waals surface area contributed by atoms with E-state index in [1.807, 2.05) is 48.5 Å². The standard InChI is InChI=1S/C27H20ClN3/c28-19-13-11-18(12-14-19)25-26(16-29,17-30)27(24-10-5-15-31(24)25)22-8-3-1-6-20(22)21-7-2-4-9-23(21)27/h1-4,6-9,11-14,24-25H,5,10,15H2/t24-,25-/m1/s1. The van der Waals surface area contributed by atoms with Gasteiger partial charge in [-0.05, 0) is 59.3 Å². The Morgan fingerprint density at radius 1 is 0.839 bits per heavy atom. The molecule has 2 saturated heterocycles. The minimum atomic E-state index is -1.26. The number of benzene rings is 3. The zero-order valence-electron chi connectivity index (χ0n) is 16.9. The molecule has 3 aromatic rings. The maximum absolute atomic E-state index is 10.8. The Balaban J connectivity index is 1.74. The third kappa shape index (κ3) is 2.06. The van der Waals surface area contributed by atoms with Crippen molar-refractivity contribution >= 4 is 11.6 Å². The van der Waals surface area contributed by atoms with E-state index in [0.29, 0.717) is 5.02 Å². The molecule has 6 rings (SSSR count). The van der Waals surface area contributed by atoms with Crippen LogP contribution in [0.15, 0.2) is 72.8 Å². The summed E-state index contributed by atoms with van der Waals surface area (Å²) in [5.41, 5.74) is 3.57. The van der Waals surface area contributed by atoms with E-state index in [0.717, 1.165) is 47.2 Å². The van der Waals surface area contributed by atoms with Gasteiger partial charge in [-0.15, -0.1) is 0 Å². The molecular weight excluding hydrogens is 402 g/mol. The van der Waals surface area contributed by atoms with Crippen molar-refractivity contribution in [1.29, 1.82) is 10.5 Å². The van der Waals surface area contributed by atoms with Gasteiger partial charge < -0.3 is 0 Å². The van der Waals surface area contributed by atoms with Crippen molar-refractivity contribution in [1.82, 2.24) is 4.90 Å². The molecule has 2 fully saturated rings. The number of hydrogen-bond donors (Lipinski definition) is 0. The molecule has 1 spiro atoms. The zero-order chi connectivity index (χ0) is 21.2. The van der Waals surface area contributed by atoms with Crippen LogP contribution < -0.4 is 0 Å². The molecule has 0 amide bonds. The minimum Gasteiger partial charge on any atom is -0.289 e. The molecule has 0 bridgehead atoms. The van der Waals surface area contributed by atoms with Crippen molar-refractivity contribution in [3.05, 3.63) is 94.5 Å². The molecule has 3 aromatic carbocycles. The van der Waals surface area contributed by atoms with Gasteiger partial charge in [-0.2, -0.15) is 10.5 Å². The van der Waals surface area contributed by atoms with Crippen LogP contribution in [0.25, 0.3) is 11.1 Å². The van der Waals surface area contributed by atoms with E-state index in [1.54, 1.807) is 0 Å². The summed E-state index contributed by atoms with van der Waals surface area (Å²) >= 11 is 6.18. The monoisotopic (exact) mass is 421 g/mol. The van der Waals surface area contributed by atoms with Crippen LogP contribution in [0.5, 0.6) is 0 Å². The van der Waals surface area contributed by atoms with E-state index >= 15 is 0 Å². The molecule has 0 unspecified atom stereocenters. The summed E-state index contributed by atoms with van der Waals surface area (Å²) in [4.78, 5) is 2.43. The molecule has 0 saturated carbocycles. The highest BCUT2D eigenvalue weighted by Gasteiger charge is 2.74. The lowest BCUT2D eigenvalue weighted by Gasteiger charge is -2.40. The van der Waals surface area contributed by atoms with Gasteiger partial charge in [0.2, 0.25) is 0 Å². The molecular formula is C27H20ClN3. The quantitative estimate of drug-likeness (QED) is 0.494. The molecule has 31 heavy (non-hydrogen) atoms. The molecule has 2 atom stereocenters. The molecule has 2 heterocycles. The van der Waals surface area contributed by atoms with E-state index in [2.05, 4.69) is 41.3 Å². The SMILES string of the molecule is N#CC1(C#N)[C@@H](c2ccc(Cl)cc2)N2CCC[C@@H]2C12c1ccccc1-c1ccccc12. The topological polar surface area (TPSA) is 50.8 Å². The van der Waals surface area contributed by atoms with Gasteiger partial charge in [-0.1, -0.05) is 72.3 Å². The van der Waals surface area contributed by atoms with Gasteiger partial charge >= 0.3 is 0 Å². The summed E-state index contributed by atoms with van der Waals surface area (Å²) in [6, 6.07) is 29.4. The summed E-state index contributed by atoms with van der Waals surface area (Å²) in [6.07, 6.45) is 2.03. The second kappa shape index (κ2) is 6.44. The van der Waals surface area contributed by atoms with Gasteiger partial charge in [0.05, 0.1) is 23.6 Å². The van der Waals surface area contributed by atoms with Crippen molar-refractivity contribution in [2.75, 3.05) is 6.54 Å². The first-order chi connectivity index (χ1) is 15.2. The molecule has 0 N–H and O–H groups in total. The predicted molar refractivity (Wildman–Crippen MR) is 120 cm³/mol. The second-order valence-electron chi connectivity index (χ2n) is 8.78. The lowest BCUT2D eigenvalue weighted by atomic mass is 9.55. The van der Waals surface area contributed by atoms with Crippen LogP contribution >= 0.6 is 11.6 Å². The number of halogens is 1. The zero-order valence-corrected chi connectivity index (χ0v) is 17.7. The van der Waals surface area contributed by atoms with Crippen molar-refractivity contribution in [2.24, 2.45) is 5.41 Å². The molecule has 1 aliphatic carbocycles. The van der Waals surface area contributed by atoms with Crippen LogP contribution in [0.3, 0.4) is 0 Å². The average molecular weight is 422 g/mol. The van der Waals surface area contributed by atoms with E-state index in [4.69, 9.17) is 11.6 Å². The number of fused-ring (bicyclic) bond motifs is 7. The van der Waals surface area contributed by atoms with Crippen LogP contribution in [-0.4, -0.2) is 17.5 Å². The van der Waals surface area contributed by atoms with E-state index in [1.165, 1.54) is 0 Å². The Kier molecular flexibility index (Phi) is 3.87. The number of nitriles is 2. The van der Waals surface area contributed by atoms with Crippen LogP contribution in [0.1, 0.15) is 35.6 Å². The number of nitrogens with zero attached hydrogens (tertiary/aromatic N) is 3. The summed E-state index contributed by atoms with van der Waals surface area (Å²) in [7, 11) is 0. The van der Waals surface area contributed by atoms with E-state index in [-0.39, 0.29) is 12.1 Å². The van der Waals surface area contributed by atoms with Crippen molar-refractivity contribution < 1.29 is 0 Å². The van der Waals surface area contributed by atoms with Gasteiger partial charge in [0.15, 0.2) is 5.41 Å². The molecule has 150 valence electrons. The normalized spacial score (nSPS) is 24.2. The highest BCUT2D eigenvalue weighted by Crippen LogP contribution is 2.70. The van der Waals surface area contributed by atoms with Crippen molar-refractivity contribution in [3.63, 3.8) is 0 Å². The van der Waals surface area contributed by atoms with Gasteiger partial charge in [0.1, 0.15) is 0 Å². The predicted octanol–water partition coefficient (Wildman–Crippen LogP) is 5.86. The Morgan fingerprint density at radius 3 is 2.00 bits per heavy atom. The molecule has 4 heteroatoms. The van der Waals surface area contributed by atoms with E-state index < -0.39 is 10.8 Å². The molecule has 0 radical (unpaired) electrons. The fourth-order valence-corrected chi connectivity index (χ4v) is 6.88. The van der Waals surface area contributed by atoms with Gasteiger partial charge in [0, 0.05) is 11.1 Å². The van der Waals surface area contributed by atoms with Crippen LogP contribution in [0, 0.1) is 28.1 Å². The van der Waals surface area contributed by atoms with Crippen molar-refractivity contribution in [2.45, 2.75) is 30.3 Å². The Labute approximate surface area is 187 Å². The lowest BCUT2D eigenvalue weighted by Crippen LogP contribution is -2.47. The van der Waals surface area contributed by atoms with Gasteiger partial charge in [-0.25, -0.2) is 0 Å². The second-order valence-corrected chi connectivity index (χ2v) is 9.22. The lowest BCUT2D eigenvalue weighted by molar-refractivity contribution is 0.221. The van der Waals surface area contributed by atoms with Crippen molar-refractivity contribution in [3.8, 4) is 23.3 Å². The molecule has 3 nitrogen and oxygen atoms in total. The summed E-state index contributed by atoms with van der Waals surface area (Å²) in [5, 5.41) is 22.3. The van der Waals surface area contributed by atoms with E-state index in [9.17, 15) is 10.5 Å². The fourth-order valence-electron chi connectivity index (χ4n) is 6.75. The largest absolute Gasteiger partial charge is 0.289 e. The highest BCUT2D eigenvalue weighted by molar-refractivity contribution is 6.30. The fraction of sp³-hybridized carbons (Fsp3) is 0.259. The smallest absolute Gasteiger partial charge is 0.178 e. The average Bonchev–Trinajstić information content (AvgIpc) is 3.46. The third-order valence-electron chi connectivity index (χ3n) is 7.69. The van der Waals surface area contributed by atoms with Gasteiger partial charge in [0.25, 0.3) is 0 Å². The first-order valence-electron chi connectivity index (χ1n) is 10.7.